The minimum atomic E-state index is 0.327. The van der Waals surface area contributed by atoms with Gasteiger partial charge in [-0.3, -0.25) is 4.90 Å². The number of phenolic OH excluding ortho intramolecular Hbond substituents is 1. The van der Waals surface area contributed by atoms with Gasteiger partial charge in [0.25, 0.3) is 0 Å². The lowest BCUT2D eigenvalue weighted by molar-refractivity contribution is 0.0570. The summed E-state index contributed by atoms with van der Waals surface area (Å²) in [6.45, 7) is 5.25. The maximum absolute atomic E-state index is 9.37. The van der Waals surface area contributed by atoms with Crippen molar-refractivity contribution < 1.29 is 5.11 Å². The number of nitrogens with zero attached hydrogens (tertiary/aromatic N) is 1. The summed E-state index contributed by atoms with van der Waals surface area (Å²) in [5, 5.41) is 9.37. The molecule has 0 radical (unpaired) electrons. The highest BCUT2D eigenvalue weighted by Crippen LogP contribution is 2.32. The number of aromatic hydroxyl groups is 1. The maximum atomic E-state index is 9.37. The standard InChI is InChI=1S/C15H24N2O/c1-11-4-3-5-14(10-16)17(11)12(2)13-6-8-15(18)9-7-13/h6-9,11-12,14,18H,3-5,10,16H2,1-2H3. The second-order valence-corrected chi connectivity index (χ2v) is 5.38. The molecule has 3 unspecified atom stereocenters. The van der Waals surface area contributed by atoms with E-state index in [0.29, 0.717) is 23.9 Å². The van der Waals surface area contributed by atoms with Crippen LogP contribution in [0, 0.1) is 0 Å². The summed E-state index contributed by atoms with van der Waals surface area (Å²) in [5.74, 6) is 0.327. The van der Waals surface area contributed by atoms with Crippen LogP contribution >= 0.6 is 0 Å². The van der Waals surface area contributed by atoms with E-state index in [1.807, 2.05) is 12.1 Å². The number of phenols is 1. The molecule has 1 aromatic carbocycles. The molecule has 0 aliphatic carbocycles. The molecule has 1 aliphatic rings. The van der Waals surface area contributed by atoms with Gasteiger partial charge in [-0.25, -0.2) is 0 Å². The van der Waals surface area contributed by atoms with Gasteiger partial charge in [0.2, 0.25) is 0 Å². The van der Waals surface area contributed by atoms with Crippen molar-refractivity contribution in [1.82, 2.24) is 4.90 Å². The van der Waals surface area contributed by atoms with E-state index in [2.05, 4.69) is 18.7 Å². The molecule has 100 valence electrons. The number of piperidine rings is 1. The Morgan fingerprint density at radius 3 is 2.61 bits per heavy atom. The molecular weight excluding hydrogens is 224 g/mol. The highest BCUT2D eigenvalue weighted by atomic mass is 16.3. The number of rotatable bonds is 3. The molecule has 1 saturated heterocycles. The number of hydrogen-bond acceptors (Lipinski definition) is 3. The highest BCUT2D eigenvalue weighted by Gasteiger charge is 2.31. The molecule has 1 heterocycles. The summed E-state index contributed by atoms with van der Waals surface area (Å²) in [4.78, 5) is 2.54. The summed E-state index contributed by atoms with van der Waals surface area (Å²) in [5.41, 5.74) is 7.16. The molecule has 2 rings (SSSR count). The molecule has 3 N–H and O–H groups in total. The Labute approximate surface area is 110 Å². The Morgan fingerprint density at radius 2 is 2.00 bits per heavy atom. The Hall–Kier alpha value is -1.06. The molecule has 18 heavy (non-hydrogen) atoms. The van der Waals surface area contributed by atoms with Gasteiger partial charge in [-0.1, -0.05) is 18.6 Å². The molecule has 0 aromatic heterocycles. The average Bonchev–Trinajstić information content (AvgIpc) is 2.38. The van der Waals surface area contributed by atoms with E-state index in [1.165, 1.54) is 24.8 Å². The number of likely N-dealkylation sites (tertiary alicyclic amines) is 1. The van der Waals surface area contributed by atoms with E-state index in [4.69, 9.17) is 5.73 Å². The predicted octanol–water partition coefficient (Wildman–Crippen LogP) is 2.65. The van der Waals surface area contributed by atoms with E-state index >= 15 is 0 Å². The van der Waals surface area contributed by atoms with Crippen LogP contribution in [-0.2, 0) is 0 Å². The van der Waals surface area contributed by atoms with Gasteiger partial charge < -0.3 is 10.8 Å². The van der Waals surface area contributed by atoms with Gasteiger partial charge in [0.15, 0.2) is 0 Å². The molecule has 3 heteroatoms. The third-order valence-electron chi connectivity index (χ3n) is 4.18. The summed E-state index contributed by atoms with van der Waals surface area (Å²) in [7, 11) is 0. The molecule has 3 atom stereocenters. The largest absolute Gasteiger partial charge is 0.508 e. The third kappa shape index (κ3) is 2.68. The summed E-state index contributed by atoms with van der Waals surface area (Å²) < 4.78 is 0. The summed E-state index contributed by atoms with van der Waals surface area (Å²) >= 11 is 0. The highest BCUT2D eigenvalue weighted by molar-refractivity contribution is 5.28. The molecule has 1 fully saturated rings. The lowest BCUT2D eigenvalue weighted by atomic mass is 9.92. The Balaban J connectivity index is 2.19. The third-order valence-corrected chi connectivity index (χ3v) is 4.18. The first kappa shape index (κ1) is 13.4. The quantitative estimate of drug-likeness (QED) is 0.864. The van der Waals surface area contributed by atoms with Crippen LogP contribution < -0.4 is 5.73 Å². The Morgan fingerprint density at radius 1 is 1.33 bits per heavy atom. The first-order valence-electron chi connectivity index (χ1n) is 6.90. The van der Waals surface area contributed by atoms with E-state index in [-0.39, 0.29) is 0 Å². The van der Waals surface area contributed by atoms with Crippen molar-refractivity contribution in [2.24, 2.45) is 5.73 Å². The Bertz CT molecular complexity index is 377. The van der Waals surface area contributed by atoms with Crippen LogP contribution in [0.1, 0.15) is 44.7 Å². The fourth-order valence-corrected chi connectivity index (χ4v) is 3.17. The van der Waals surface area contributed by atoms with Crippen molar-refractivity contribution in [3.8, 4) is 5.75 Å². The van der Waals surface area contributed by atoms with Gasteiger partial charge in [-0.2, -0.15) is 0 Å². The van der Waals surface area contributed by atoms with Gasteiger partial charge >= 0.3 is 0 Å². The molecule has 0 spiro atoms. The fourth-order valence-electron chi connectivity index (χ4n) is 3.17. The number of benzene rings is 1. The van der Waals surface area contributed by atoms with Gasteiger partial charge in [0, 0.05) is 24.7 Å². The van der Waals surface area contributed by atoms with Crippen molar-refractivity contribution in [2.75, 3.05) is 6.54 Å². The SMILES string of the molecule is CC1CCCC(CN)N1C(C)c1ccc(O)cc1. The average molecular weight is 248 g/mol. The minimum Gasteiger partial charge on any atom is -0.508 e. The molecule has 1 aliphatic heterocycles. The van der Waals surface area contributed by atoms with Crippen LogP contribution in [0.4, 0.5) is 0 Å². The van der Waals surface area contributed by atoms with Gasteiger partial charge in [0.05, 0.1) is 0 Å². The van der Waals surface area contributed by atoms with E-state index in [1.54, 1.807) is 12.1 Å². The minimum absolute atomic E-state index is 0.327. The number of nitrogens with two attached hydrogens (primary N) is 1. The molecule has 1 aromatic rings. The van der Waals surface area contributed by atoms with Gasteiger partial charge in [-0.05, 0) is 44.4 Å². The van der Waals surface area contributed by atoms with E-state index in [0.717, 1.165) is 6.54 Å². The molecule has 0 amide bonds. The second kappa shape index (κ2) is 5.72. The lowest BCUT2D eigenvalue weighted by Gasteiger charge is -2.44. The molecule has 0 bridgehead atoms. The normalized spacial score (nSPS) is 27.1. The Kier molecular flexibility index (Phi) is 4.25. The first-order valence-corrected chi connectivity index (χ1v) is 6.90. The molecular formula is C15H24N2O. The van der Waals surface area contributed by atoms with Crippen LogP contribution in [-0.4, -0.2) is 28.6 Å². The van der Waals surface area contributed by atoms with Crippen LogP contribution in [0.2, 0.25) is 0 Å². The second-order valence-electron chi connectivity index (χ2n) is 5.38. The smallest absolute Gasteiger partial charge is 0.115 e. The van der Waals surface area contributed by atoms with Crippen LogP contribution in [0.3, 0.4) is 0 Å². The van der Waals surface area contributed by atoms with Crippen LogP contribution in [0.15, 0.2) is 24.3 Å². The predicted molar refractivity (Wildman–Crippen MR) is 74.5 cm³/mol. The fraction of sp³-hybridized carbons (Fsp3) is 0.600. The van der Waals surface area contributed by atoms with Crippen LogP contribution in [0.25, 0.3) is 0 Å². The summed E-state index contributed by atoms with van der Waals surface area (Å²) in [6.07, 6.45) is 3.73. The van der Waals surface area contributed by atoms with Gasteiger partial charge in [-0.15, -0.1) is 0 Å². The summed E-state index contributed by atoms with van der Waals surface area (Å²) in [6, 6.07) is 8.96. The van der Waals surface area contributed by atoms with Crippen molar-refractivity contribution in [1.29, 1.82) is 0 Å². The van der Waals surface area contributed by atoms with Crippen molar-refractivity contribution in [2.45, 2.75) is 51.2 Å². The van der Waals surface area contributed by atoms with Crippen LogP contribution in [0.5, 0.6) is 5.75 Å². The zero-order valence-corrected chi connectivity index (χ0v) is 11.3. The van der Waals surface area contributed by atoms with E-state index in [9.17, 15) is 5.11 Å². The number of hydrogen-bond donors (Lipinski definition) is 2. The van der Waals surface area contributed by atoms with E-state index < -0.39 is 0 Å². The lowest BCUT2D eigenvalue weighted by Crippen LogP contribution is -2.49. The molecule has 3 nitrogen and oxygen atoms in total. The molecule has 0 saturated carbocycles. The van der Waals surface area contributed by atoms with Crippen molar-refractivity contribution >= 4 is 0 Å². The zero-order chi connectivity index (χ0) is 13.1. The zero-order valence-electron chi connectivity index (χ0n) is 11.3. The maximum Gasteiger partial charge on any atom is 0.115 e. The van der Waals surface area contributed by atoms with Crippen molar-refractivity contribution in [3.05, 3.63) is 29.8 Å². The van der Waals surface area contributed by atoms with Gasteiger partial charge in [0.1, 0.15) is 5.75 Å². The first-order chi connectivity index (χ1) is 8.63. The van der Waals surface area contributed by atoms with Crippen molar-refractivity contribution in [3.63, 3.8) is 0 Å². The monoisotopic (exact) mass is 248 g/mol. The topological polar surface area (TPSA) is 49.5 Å².